The van der Waals surface area contributed by atoms with E-state index in [1.54, 1.807) is 0 Å². The first-order chi connectivity index (χ1) is 9.10. The molecule has 0 aromatic rings. The Bertz CT molecular complexity index is 314. The first-order valence-electron chi connectivity index (χ1n) is 8.12. The summed E-state index contributed by atoms with van der Waals surface area (Å²) in [6.45, 7) is 7.67. The van der Waals surface area contributed by atoms with Gasteiger partial charge in [-0.05, 0) is 37.5 Å². The van der Waals surface area contributed by atoms with E-state index < -0.39 is 0 Å². The fourth-order valence-corrected chi connectivity index (χ4v) is 4.35. The molecule has 0 amide bonds. The maximum atomic E-state index is 10.7. The van der Waals surface area contributed by atoms with Gasteiger partial charge >= 0.3 is 0 Å². The predicted octanol–water partition coefficient (Wildman–Crippen LogP) is 2.43. The maximum absolute atomic E-state index is 10.7. The number of hydrogen-bond donors (Lipinski definition) is 1. The number of ether oxygens (including phenoxy) is 1. The molecular weight excluding hydrogens is 238 g/mol. The molecule has 3 heteroatoms. The smallest absolute Gasteiger partial charge is 0.0700 e. The van der Waals surface area contributed by atoms with Crippen molar-refractivity contribution in [3.63, 3.8) is 0 Å². The molecule has 3 fully saturated rings. The minimum Gasteiger partial charge on any atom is -0.390 e. The Morgan fingerprint density at radius 1 is 1.16 bits per heavy atom. The minimum atomic E-state index is -0.328. The minimum absolute atomic E-state index is 0.328. The number of piperidine rings is 1. The van der Waals surface area contributed by atoms with E-state index in [0.717, 1.165) is 39.1 Å². The van der Waals surface area contributed by atoms with Gasteiger partial charge in [0, 0.05) is 38.8 Å². The average molecular weight is 267 g/mol. The molecule has 3 aliphatic rings. The molecule has 1 saturated carbocycles. The highest BCUT2D eigenvalue weighted by atomic mass is 16.5. The Morgan fingerprint density at radius 2 is 1.95 bits per heavy atom. The lowest BCUT2D eigenvalue weighted by molar-refractivity contribution is -0.104. The summed E-state index contributed by atoms with van der Waals surface area (Å²) in [7, 11) is 0. The molecule has 3 rings (SSSR count). The average Bonchev–Trinajstić information content (AvgIpc) is 2.39. The van der Waals surface area contributed by atoms with E-state index in [9.17, 15) is 5.11 Å². The van der Waals surface area contributed by atoms with Crippen molar-refractivity contribution in [2.75, 3.05) is 32.8 Å². The van der Waals surface area contributed by atoms with Crippen LogP contribution in [-0.4, -0.2) is 48.5 Å². The Hall–Kier alpha value is -0.120. The van der Waals surface area contributed by atoms with Gasteiger partial charge in [0.25, 0.3) is 0 Å². The summed E-state index contributed by atoms with van der Waals surface area (Å²) >= 11 is 0. The van der Waals surface area contributed by atoms with Crippen LogP contribution in [0, 0.1) is 11.3 Å². The third kappa shape index (κ3) is 2.98. The molecule has 1 N–H and O–H groups in total. The van der Waals surface area contributed by atoms with Gasteiger partial charge in [-0.1, -0.05) is 19.8 Å². The lowest BCUT2D eigenvalue weighted by atomic mass is 9.70. The molecule has 3 nitrogen and oxygen atoms in total. The van der Waals surface area contributed by atoms with Gasteiger partial charge in [0.1, 0.15) is 0 Å². The van der Waals surface area contributed by atoms with Crippen LogP contribution in [0.25, 0.3) is 0 Å². The van der Waals surface area contributed by atoms with Crippen molar-refractivity contribution < 1.29 is 9.84 Å². The molecule has 0 aromatic heterocycles. The molecule has 0 aromatic carbocycles. The fraction of sp³-hybridized carbons (Fsp3) is 1.00. The first-order valence-corrected chi connectivity index (χ1v) is 8.12. The zero-order valence-corrected chi connectivity index (χ0v) is 12.4. The van der Waals surface area contributed by atoms with Crippen LogP contribution in [0.2, 0.25) is 0 Å². The van der Waals surface area contributed by atoms with E-state index in [0.29, 0.717) is 11.3 Å². The molecule has 1 aliphatic carbocycles. The lowest BCUT2D eigenvalue weighted by Crippen LogP contribution is -2.55. The summed E-state index contributed by atoms with van der Waals surface area (Å²) in [6, 6.07) is 0. The van der Waals surface area contributed by atoms with Crippen LogP contribution in [0.5, 0.6) is 0 Å². The van der Waals surface area contributed by atoms with Gasteiger partial charge in [-0.25, -0.2) is 0 Å². The molecule has 0 spiro atoms. The van der Waals surface area contributed by atoms with Crippen LogP contribution < -0.4 is 0 Å². The standard InChI is InChI=1S/C16H29NO2/c1-15(7-10-19-11-8-15)13-17-9-6-16(18)5-3-2-4-14(16)12-17/h14,18H,2-13H2,1H3/t14-,16-/m0/s1. The van der Waals surface area contributed by atoms with Crippen molar-refractivity contribution >= 4 is 0 Å². The normalized spacial score (nSPS) is 39.8. The zero-order chi connectivity index (χ0) is 13.3. The second-order valence-corrected chi connectivity index (χ2v) is 7.45. The molecule has 0 bridgehead atoms. The third-order valence-electron chi connectivity index (χ3n) is 5.82. The fourth-order valence-electron chi connectivity index (χ4n) is 4.35. The summed E-state index contributed by atoms with van der Waals surface area (Å²) in [5.74, 6) is 0.526. The van der Waals surface area contributed by atoms with Crippen molar-refractivity contribution in [2.45, 2.75) is 57.5 Å². The number of aliphatic hydroxyl groups is 1. The molecule has 19 heavy (non-hydrogen) atoms. The highest BCUT2D eigenvalue weighted by Gasteiger charge is 2.43. The van der Waals surface area contributed by atoms with E-state index in [4.69, 9.17) is 4.74 Å². The highest BCUT2D eigenvalue weighted by molar-refractivity contribution is 4.96. The van der Waals surface area contributed by atoms with E-state index >= 15 is 0 Å². The van der Waals surface area contributed by atoms with Gasteiger partial charge in [0.2, 0.25) is 0 Å². The summed E-state index contributed by atoms with van der Waals surface area (Å²) < 4.78 is 5.50. The lowest BCUT2D eigenvalue weighted by Gasteiger charge is -2.49. The number of nitrogens with zero attached hydrogens (tertiary/aromatic N) is 1. The van der Waals surface area contributed by atoms with Crippen molar-refractivity contribution in [2.24, 2.45) is 11.3 Å². The quantitative estimate of drug-likeness (QED) is 0.834. The monoisotopic (exact) mass is 267 g/mol. The van der Waals surface area contributed by atoms with Gasteiger partial charge in [0.15, 0.2) is 0 Å². The zero-order valence-electron chi connectivity index (χ0n) is 12.4. The van der Waals surface area contributed by atoms with E-state index in [1.807, 2.05) is 0 Å². The Balaban J connectivity index is 1.58. The molecule has 2 saturated heterocycles. The summed E-state index contributed by atoms with van der Waals surface area (Å²) in [4.78, 5) is 2.62. The number of fused-ring (bicyclic) bond motifs is 1. The van der Waals surface area contributed by atoms with Crippen LogP contribution >= 0.6 is 0 Å². The number of hydrogen-bond acceptors (Lipinski definition) is 3. The maximum Gasteiger partial charge on any atom is 0.0700 e. The summed E-state index contributed by atoms with van der Waals surface area (Å²) in [5, 5.41) is 10.7. The van der Waals surface area contributed by atoms with Crippen LogP contribution in [0.3, 0.4) is 0 Å². The largest absolute Gasteiger partial charge is 0.390 e. The molecule has 0 radical (unpaired) electrons. The van der Waals surface area contributed by atoms with Crippen molar-refractivity contribution in [3.05, 3.63) is 0 Å². The Morgan fingerprint density at radius 3 is 2.74 bits per heavy atom. The number of likely N-dealkylation sites (tertiary alicyclic amines) is 1. The van der Waals surface area contributed by atoms with E-state index in [-0.39, 0.29) is 5.60 Å². The Kier molecular flexibility index (Phi) is 3.89. The van der Waals surface area contributed by atoms with Crippen LogP contribution in [-0.2, 0) is 4.74 Å². The first kappa shape index (κ1) is 13.8. The van der Waals surface area contributed by atoms with Gasteiger partial charge in [-0.3, -0.25) is 0 Å². The van der Waals surface area contributed by atoms with Crippen molar-refractivity contribution in [1.29, 1.82) is 0 Å². The SMILES string of the molecule is CC1(CN2CC[C@@]3(O)CCCC[C@H]3C2)CCOCC1. The van der Waals surface area contributed by atoms with E-state index in [1.165, 1.54) is 38.6 Å². The predicted molar refractivity (Wildman–Crippen MR) is 76.1 cm³/mol. The van der Waals surface area contributed by atoms with Gasteiger partial charge < -0.3 is 14.7 Å². The molecule has 2 heterocycles. The molecule has 2 atom stereocenters. The van der Waals surface area contributed by atoms with Crippen LogP contribution in [0.4, 0.5) is 0 Å². The second-order valence-electron chi connectivity index (χ2n) is 7.45. The topological polar surface area (TPSA) is 32.7 Å². The van der Waals surface area contributed by atoms with Gasteiger partial charge in [-0.15, -0.1) is 0 Å². The molecule has 2 aliphatic heterocycles. The number of rotatable bonds is 2. The second kappa shape index (κ2) is 5.34. The van der Waals surface area contributed by atoms with Crippen LogP contribution in [0.15, 0.2) is 0 Å². The van der Waals surface area contributed by atoms with E-state index in [2.05, 4.69) is 11.8 Å². The molecular formula is C16H29NO2. The third-order valence-corrected chi connectivity index (χ3v) is 5.82. The summed E-state index contributed by atoms with van der Waals surface area (Å²) in [6.07, 6.45) is 8.18. The van der Waals surface area contributed by atoms with Gasteiger partial charge in [0.05, 0.1) is 5.60 Å². The Labute approximate surface area is 117 Å². The molecule has 0 unspecified atom stereocenters. The molecule has 110 valence electrons. The van der Waals surface area contributed by atoms with Crippen LogP contribution in [0.1, 0.15) is 51.9 Å². The van der Waals surface area contributed by atoms with Crippen molar-refractivity contribution in [3.8, 4) is 0 Å². The summed E-state index contributed by atoms with van der Waals surface area (Å²) in [5.41, 5.74) is 0.105. The van der Waals surface area contributed by atoms with Gasteiger partial charge in [-0.2, -0.15) is 0 Å². The van der Waals surface area contributed by atoms with Crippen molar-refractivity contribution in [1.82, 2.24) is 4.90 Å². The highest BCUT2D eigenvalue weighted by Crippen LogP contribution is 2.41.